The zero-order chi connectivity index (χ0) is 17.4. The number of rotatable bonds is 5. The summed E-state index contributed by atoms with van der Waals surface area (Å²) in [6.45, 7) is 2.78. The molecule has 0 radical (unpaired) electrons. The van der Waals surface area contributed by atoms with E-state index in [9.17, 15) is 20.1 Å². The van der Waals surface area contributed by atoms with Crippen molar-refractivity contribution in [2.24, 2.45) is 0 Å². The highest BCUT2D eigenvalue weighted by Gasteiger charge is 2.44. The zero-order valence-corrected chi connectivity index (χ0v) is 12.6. The Morgan fingerprint density at radius 1 is 1.29 bits per heavy atom. The van der Waals surface area contributed by atoms with Crippen LogP contribution in [0.5, 0.6) is 0 Å². The summed E-state index contributed by atoms with van der Waals surface area (Å²) < 4.78 is 7.94. The molecule has 1 aliphatic rings. The first-order chi connectivity index (χ1) is 11.5. The van der Waals surface area contributed by atoms with Gasteiger partial charge in [-0.25, -0.2) is 9.97 Å². The molecule has 3 rings (SSSR count). The molecule has 0 aromatic carbocycles. The molecule has 0 amide bonds. The number of fused-ring (bicyclic) bond motifs is 1. The number of aliphatic hydroxyl groups is 4. The Balaban J connectivity index is 2.05. The van der Waals surface area contributed by atoms with E-state index in [0.717, 1.165) is 0 Å². The minimum Gasteiger partial charge on any atom is -0.394 e. The molecule has 4 N–H and O–H groups in total. The van der Waals surface area contributed by atoms with Crippen molar-refractivity contribution in [1.29, 1.82) is 0 Å². The van der Waals surface area contributed by atoms with Gasteiger partial charge in [-0.1, -0.05) is 6.08 Å². The van der Waals surface area contributed by atoms with Gasteiger partial charge in [0.25, 0.3) is 5.56 Å². The summed E-state index contributed by atoms with van der Waals surface area (Å²) in [6.07, 6.45) is -0.615. The van der Waals surface area contributed by atoms with Crippen LogP contribution in [0.15, 0.2) is 30.1 Å². The molecule has 1 saturated heterocycles. The van der Waals surface area contributed by atoms with Crippen LogP contribution >= 0.6 is 0 Å². The Morgan fingerprint density at radius 3 is 2.62 bits per heavy atom. The molecule has 1 unspecified atom stereocenters. The van der Waals surface area contributed by atoms with Crippen LogP contribution in [-0.4, -0.2) is 71.1 Å². The number of hydrogen-bond donors (Lipinski definition) is 4. The average molecular weight is 338 g/mol. The van der Waals surface area contributed by atoms with E-state index in [-0.39, 0.29) is 17.8 Å². The van der Waals surface area contributed by atoms with E-state index in [1.807, 2.05) is 0 Å². The molecule has 10 heteroatoms. The van der Waals surface area contributed by atoms with Crippen LogP contribution in [0.2, 0.25) is 0 Å². The maximum atomic E-state index is 12.5. The SMILES string of the molecule is C=CC(CO)n1cnc2c(ncn2[C@@H]2O[C@H](CO)[C@@H](O)[C@H]2O)c1=O. The molecule has 2 aromatic rings. The largest absolute Gasteiger partial charge is 0.394 e. The van der Waals surface area contributed by atoms with Crippen LogP contribution in [0.1, 0.15) is 12.3 Å². The Morgan fingerprint density at radius 2 is 2.04 bits per heavy atom. The maximum absolute atomic E-state index is 12.5. The maximum Gasteiger partial charge on any atom is 0.282 e. The third-order valence-corrected chi connectivity index (χ3v) is 4.12. The molecule has 130 valence electrons. The Labute approximate surface area is 135 Å². The highest BCUT2D eigenvalue weighted by atomic mass is 16.6. The van der Waals surface area contributed by atoms with E-state index in [0.29, 0.717) is 0 Å². The van der Waals surface area contributed by atoms with Crippen molar-refractivity contribution in [2.45, 2.75) is 30.6 Å². The Bertz CT molecular complexity index is 802. The topological polar surface area (TPSA) is 143 Å². The highest BCUT2D eigenvalue weighted by molar-refractivity contribution is 5.69. The number of hydrogen-bond acceptors (Lipinski definition) is 8. The number of imidazole rings is 1. The van der Waals surface area contributed by atoms with Gasteiger partial charge in [-0.05, 0) is 0 Å². The van der Waals surface area contributed by atoms with Gasteiger partial charge in [-0.3, -0.25) is 13.9 Å². The predicted molar refractivity (Wildman–Crippen MR) is 81.1 cm³/mol. The monoisotopic (exact) mass is 338 g/mol. The Kier molecular flexibility index (Phi) is 4.47. The second-order valence-corrected chi connectivity index (χ2v) is 5.50. The van der Waals surface area contributed by atoms with Crippen molar-refractivity contribution in [3.63, 3.8) is 0 Å². The third-order valence-electron chi connectivity index (χ3n) is 4.12. The van der Waals surface area contributed by atoms with Crippen LogP contribution in [0.4, 0.5) is 0 Å². The first-order valence-corrected chi connectivity index (χ1v) is 7.33. The standard InChI is InChI=1S/C14H18N4O6/c1-2-7(3-19)17-6-16-12-9(13(17)23)15-5-18(12)14-11(22)10(21)8(4-20)24-14/h2,5-8,10-11,14,19-22H,1,3-4H2/t7?,8-,10-,11-,14-/m1/s1. The molecule has 1 aliphatic heterocycles. The fraction of sp³-hybridized carbons (Fsp3) is 0.500. The minimum atomic E-state index is -1.30. The van der Waals surface area contributed by atoms with E-state index >= 15 is 0 Å². The quantitative estimate of drug-likeness (QED) is 0.455. The van der Waals surface area contributed by atoms with E-state index in [1.54, 1.807) is 0 Å². The minimum absolute atomic E-state index is 0.0236. The average Bonchev–Trinajstić information content (AvgIpc) is 3.13. The normalized spacial score (nSPS) is 28.3. The van der Waals surface area contributed by atoms with Gasteiger partial charge in [0, 0.05) is 0 Å². The molecule has 10 nitrogen and oxygen atoms in total. The summed E-state index contributed by atoms with van der Waals surface area (Å²) in [5.74, 6) is 0. The van der Waals surface area contributed by atoms with Gasteiger partial charge >= 0.3 is 0 Å². The molecule has 24 heavy (non-hydrogen) atoms. The van der Waals surface area contributed by atoms with Gasteiger partial charge in [0.2, 0.25) is 0 Å². The van der Waals surface area contributed by atoms with Crippen LogP contribution in [0.25, 0.3) is 11.2 Å². The molecule has 0 bridgehead atoms. The summed E-state index contributed by atoms with van der Waals surface area (Å²) in [4.78, 5) is 20.6. The van der Waals surface area contributed by atoms with Crippen molar-refractivity contribution < 1.29 is 25.2 Å². The molecule has 2 aromatic heterocycles. The lowest BCUT2D eigenvalue weighted by Gasteiger charge is -2.17. The van der Waals surface area contributed by atoms with Crippen LogP contribution in [-0.2, 0) is 4.74 Å². The first-order valence-electron chi connectivity index (χ1n) is 7.33. The van der Waals surface area contributed by atoms with E-state index < -0.39 is 42.7 Å². The number of nitrogens with zero attached hydrogens (tertiary/aromatic N) is 4. The smallest absolute Gasteiger partial charge is 0.282 e. The lowest BCUT2D eigenvalue weighted by atomic mass is 10.1. The van der Waals surface area contributed by atoms with Crippen LogP contribution < -0.4 is 5.56 Å². The molecular formula is C14H18N4O6. The lowest BCUT2D eigenvalue weighted by molar-refractivity contribution is -0.0511. The van der Waals surface area contributed by atoms with Gasteiger partial charge in [-0.2, -0.15) is 0 Å². The number of ether oxygens (including phenoxy) is 1. The van der Waals surface area contributed by atoms with E-state index in [1.165, 1.54) is 27.9 Å². The van der Waals surface area contributed by atoms with Gasteiger partial charge in [0.05, 0.1) is 25.6 Å². The van der Waals surface area contributed by atoms with Crippen molar-refractivity contribution in [3.8, 4) is 0 Å². The van der Waals surface area contributed by atoms with Crippen molar-refractivity contribution in [2.75, 3.05) is 13.2 Å². The van der Waals surface area contributed by atoms with Gasteiger partial charge < -0.3 is 25.2 Å². The summed E-state index contributed by atoms with van der Waals surface area (Å²) in [7, 11) is 0. The third kappa shape index (κ3) is 2.44. The predicted octanol–water partition coefficient (Wildman–Crippen LogP) is -2.08. The van der Waals surface area contributed by atoms with E-state index in [2.05, 4.69) is 16.5 Å². The van der Waals surface area contributed by atoms with Gasteiger partial charge in [-0.15, -0.1) is 6.58 Å². The zero-order valence-electron chi connectivity index (χ0n) is 12.6. The number of aromatic nitrogens is 4. The molecule has 3 heterocycles. The fourth-order valence-corrected chi connectivity index (χ4v) is 2.73. The lowest BCUT2D eigenvalue weighted by Crippen LogP contribution is -2.33. The fourth-order valence-electron chi connectivity index (χ4n) is 2.73. The summed E-state index contributed by atoms with van der Waals surface area (Å²) in [5.41, 5.74) is -0.299. The molecule has 0 aliphatic carbocycles. The molecule has 1 fully saturated rings. The molecule has 0 saturated carbocycles. The van der Waals surface area contributed by atoms with Crippen LogP contribution in [0, 0.1) is 0 Å². The molecule has 5 atom stereocenters. The molecular weight excluding hydrogens is 320 g/mol. The summed E-state index contributed by atoms with van der Waals surface area (Å²) in [5, 5.41) is 38.4. The second kappa shape index (κ2) is 6.42. The van der Waals surface area contributed by atoms with Crippen molar-refractivity contribution >= 4 is 11.2 Å². The van der Waals surface area contributed by atoms with Crippen molar-refractivity contribution in [1.82, 2.24) is 19.1 Å². The van der Waals surface area contributed by atoms with Crippen molar-refractivity contribution in [3.05, 3.63) is 35.7 Å². The van der Waals surface area contributed by atoms with E-state index in [4.69, 9.17) is 9.84 Å². The van der Waals surface area contributed by atoms with Crippen LogP contribution in [0.3, 0.4) is 0 Å². The van der Waals surface area contributed by atoms with Gasteiger partial charge in [0.1, 0.15) is 24.6 Å². The Hall–Kier alpha value is -2.11. The summed E-state index contributed by atoms with van der Waals surface area (Å²) >= 11 is 0. The highest BCUT2D eigenvalue weighted by Crippen LogP contribution is 2.30. The number of aliphatic hydroxyl groups excluding tert-OH is 4. The molecule has 0 spiro atoms. The second-order valence-electron chi connectivity index (χ2n) is 5.50. The first kappa shape index (κ1) is 16.7. The summed E-state index contributed by atoms with van der Waals surface area (Å²) in [6, 6.07) is -0.631. The van der Waals surface area contributed by atoms with Gasteiger partial charge in [0.15, 0.2) is 17.4 Å².